The molecular weight excluding hydrogens is 501 g/mol. The average Bonchev–Trinajstić information content (AvgIpc) is 3.36. The highest BCUT2D eigenvalue weighted by Crippen LogP contribution is 2.41. The van der Waals surface area contributed by atoms with Gasteiger partial charge in [-0.2, -0.15) is 0 Å². The second-order valence-corrected chi connectivity index (χ2v) is 11.2. The molecule has 33 heavy (non-hydrogen) atoms. The van der Waals surface area contributed by atoms with Crippen LogP contribution in [0.4, 0.5) is 0 Å². The molecule has 180 valence electrons. The zero-order valence-corrected chi connectivity index (χ0v) is 21.8. The van der Waals surface area contributed by atoms with Crippen molar-refractivity contribution in [3.05, 3.63) is 55.7 Å². The van der Waals surface area contributed by atoms with Crippen LogP contribution in [0.3, 0.4) is 0 Å². The maximum atomic E-state index is 12.1. The predicted molar refractivity (Wildman–Crippen MR) is 137 cm³/mol. The number of ether oxygens (including phenoxy) is 1. The summed E-state index contributed by atoms with van der Waals surface area (Å²) in [5, 5.41) is 4.20. The molecule has 1 amide bonds. The second-order valence-electron chi connectivity index (χ2n) is 8.61. The molecule has 2 aromatic rings. The lowest BCUT2D eigenvalue weighted by Gasteiger charge is -2.22. The van der Waals surface area contributed by atoms with Crippen molar-refractivity contribution in [1.29, 1.82) is 0 Å². The Hall–Kier alpha value is -1.27. The van der Waals surface area contributed by atoms with Crippen LogP contribution in [0.15, 0.2) is 30.3 Å². The fraction of sp³-hybridized carbons (Fsp3) is 0.520. The van der Waals surface area contributed by atoms with Gasteiger partial charge in [0.15, 0.2) is 0 Å². The van der Waals surface area contributed by atoms with Crippen molar-refractivity contribution in [2.24, 2.45) is 11.8 Å². The Morgan fingerprint density at radius 2 is 1.85 bits per heavy atom. The maximum Gasteiger partial charge on any atom is 0.348 e. The first-order valence-electron chi connectivity index (χ1n) is 11.4. The van der Waals surface area contributed by atoms with E-state index in [1.165, 1.54) is 35.1 Å². The second kappa shape index (κ2) is 13.0. The van der Waals surface area contributed by atoms with Crippen LogP contribution in [0.1, 0.15) is 59.1 Å². The number of carbonyl (C=O) groups excluding carboxylic acids is 2. The van der Waals surface area contributed by atoms with Crippen LogP contribution in [-0.4, -0.2) is 30.4 Å². The minimum atomic E-state index is -0.339. The lowest BCUT2D eigenvalue weighted by atomic mass is 9.86. The fourth-order valence-corrected chi connectivity index (χ4v) is 6.53. The van der Waals surface area contributed by atoms with Crippen LogP contribution < -0.4 is 5.32 Å². The van der Waals surface area contributed by atoms with E-state index in [4.69, 9.17) is 39.5 Å². The summed E-state index contributed by atoms with van der Waals surface area (Å²) in [5.74, 6) is 0.652. The fourth-order valence-electron chi connectivity index (χ4n) is 4.55. The molecule has 1 saturated carbocycles. The number of aryl methyl sites for hydroxylation is 2. The quantitative estimate of drug-likeness (QED) is 0.194. The smallest absolute Gasteiger partial charge is 0.348 e. The van der Waals surface area contributed by atoms with Gasteiger partial charge >= 0.3 is 5.97 Å². The van der Waals surface area contributed by atoms with E-state index in [1.807, 2.05) is 24.3 Å². The van der Waals surface area contributed by atoms with Crippen LogP contribution in [0.25, 0.3) is 0 Å². The van der Waals surface area contributed by atoms with Crippen molar-refractivity contribution in [2.45, 2.75) is 57.2 Å². The summed E-state index contributed by atoms with van der Waals surface area (Å²) in [6, 6.07) is 9.58. The minimum absolute atomic E-state index is 0.137. The largest absolute Gasteiger partial charge is 0.460 e. The highest BCUT2D eigenvalue weighted by atomic mass is 35.5. The van der Waals surface area contributed by atoms with Crippen molar-refractivity contribution in [3.63, 3.8) is 0 Å². The summed E-state index contributed by atoms with van der Waals surface area (Å²) >= 11 is 20.4. The topological polar surface area (TPSA) is 55.4 Å². The lowest BCUT2D eigenvalue weighted by Crippen LogP contribution is -2.25. The third-order valence-corrected chi connectivity index (χ3v) is 8.25. The number of benzene rings is 1. The van der Waals surface area contributed by atoms with E-state index in [9.17, 15) is 9.59 Å². The lowest BCUT2D eigenvalue weighted by molar-refractivity contribution is -0.119. The van der Waals surface area contributed by atoms with E-state index in [0.717, 1.165) is 38.5 Å². The Morgan fingerprint density at radius 3 is 2.58 bits per heavy atom. The summed E-state index contributed by atoms with van der Waals surface area (Å²) in [5.41, 5.74) is 1.18. The molecule has 3 rings (SSSR count). The SMILES string of the molecule is CC(=O)NCCOC(=O)c1ccc(CCC[C@@H]2[C@@H](CCc3cc(Cl)cc(Cl)c3)CC[C@H]2Cl)s1. The van der Waals surface area contributed by atoms with Crippen molar-refractivity contribution in [1.82, 2.24) is 5.32 Å². The highest BCUT2D eigenvalue weighted by molar-refractivity contribution is 7.13. The van der Waals surface area contributed by atoms with Crippen molar-refractivity contribution in [3.8, 4) is 0 Å². The summed E-state index contributed by atoms with van der Waals surface area (Å²) in [6.07, 6.45) is 7.36. The molecule has 1 fully saturated rings. The molecule has 0 spiro atoms. The standard InChI is InChI=1S/C25H30Cl3NO3S/c1-16(30)29-11-12-32-25(31)24-10-8-21(33-24)3-2-4-22-18(7-9-23(22)28)6-5-17-13-19(26)15-20(27)14-17/h8,10,13-15,18,22-23H,2-7,9,11-12H2,1H3,(H,29,30)/t18-,22+,23+/m0/s1. The van der Waals surface area contributed by atoms with Crippen molar-refractivity contribution >= 4 is 58.0 Å². The number of rotatable bonds is 11. The summed E-state index contributed by atoms with van der Waals surface area (Å²) < 4.78 is 5.21. The molecule has 0 unspecified atom stereocenters. The molecule has 1 aliphatic carbocycles. The van der Waals surface area contributed by atoms with Crippen LogP contribution >= 0.6 is 46.1 Å². The van der Waals surface area contributed by atoms with Gasteiger partial charge in [-0.15, -0.1) is 22.9 Å². The van der Waals surface area contributed by atoms with Gasteiger partial charge in [-0.1, -0.05) is 23.2 Å². The molecule has 1 aliphatic rings. The summed E-state index contributed by atoms with van der Waals surface area (Å²) in [6.45, 7) is 1.93. The molecule has 0 aliphatic heterocycles. The molecule has 4 nitrogen and oxygen atoms in total. The highest BCUT2D eigenvalue weighted by Gasteiger charge is 2.34. The number of thiophene rings is 1. The number of esters is 1. The van der Waals surface area contributed by atoms with Crippen LogP contribution in [0.2, 0.25) is 10.0 Å². The molecule has 8 heteroatoms. The molecule has 1 N–H and O–H groups in total. The Morgan fingerprint density at radius 1 is 1.09 bits per heavy atom. The van der Waals surface area contributed by atoms with E-state index >= 15 is 0 Å². The van der Waals surface area contributed by atoms with Gasteiger partial charge in [-0.25, -0.2) is 4.79 Å². The van der Waals surface area contributed by atoms with Crippen LogP contribution in [0, 0.1) is 11.8 Å². The van der Waals surface area contributed by atoms with Crippen molar-refractivity contribution in [2.75, 3.05) is 13.2 Å². The summed E-state index contributed by atoms with van der Waals surface area (Å²) in [4.78, 5) is 24.8. The molecular formula is C25H30Cl3NO3S. The number of nitrogens with one attached hydrogen (secondary N) is 1. The normalized spacial score (nSPS) is 20.1. The van der Waals surface area contributed by atoms with Gasteiger partial charge in [-0.3, -0.25) is 4.79 Å². The van der Waals surface area contributed by atoms with Gasteiger partial charge in [0.1, 0.15) is 11.5 Å². The number of carbonyl (C=O) groups is 2. The Balaban J connectivity index is 1.43. The molecule has 1 aromatic heterocycles. The third-order valence-electron chi connectivity index (χ3n) is 6.14. The monoisotopic (exact) mass is 529 g/mol. The van der Waals surface area contributed by atoms with Gasteiger partial charge in [-0.05, 0) is 92.7 Å². The van der Waals surface area contributed by atoms with Crippen LogP contribution in [-0.2, 0) is 22.4 Å². The van der Waals surface area contributed by atoms with E-state index in [2.05, 4.69) is 5.32 Å². The number of hydrogen-bond donors (Lipinski definition) is 1. The van der Waals surface area contributed by atoms with Gasteiger partial charge in [0, 0.05) is 27.2 Å². The molecule has 1 heterocycles. The van der Waals surface area contributed by atoms with E-state index in [0.29, 0.717) is 33.3 Å². The first-order valence-corrected chi connectivity index (χ1v) is 13.4. The minimum Gasteiger partial charge on any atom is -0.460 e. The number of amides is 1. The van der Waals surface area contributed by atoms with Crippen molar-refractivity contribution < 1.29 is 14.3 Å². The molecule has 3 atom stereocenters. The van der Waals surface area contributed by atoms with Gasteiger partial charge in [0.25, 0.3) is 0 Å². The first-order chi connectivity index (χ1) is 15.8. The average molecular weight is 531 g/mol. The Kier molecular flexibility index (Phi) is 10.4. The number of halogens is 3. The van der Waals surface area contributed by atoms with Gasteiger partial charge in [0.2, 0.25) is 5.91 Å². The van der Waals surface area contributed by atoms with Crippen LogP contribution in [0.5, 0.6) is 0 Å². The molecule has 0 saturated heterocycles. The van der Waals surface area contributed by atoms with E-state index in [-0.39, 0.29) is 23.9 Å². The van der Waals surface area contributed by atoms with Gasteiger partial charge in [0.05, 0.1) is 6.54 Å². The van der Waals surface area contributed by atoms with E-state index < -0.39 is 0 Å². The summed E-state index contributed by atoms with van der Waals surface area (Å²) in [7, 11) is 0. The Bertz CT molecular complexity index is 928. The predicted octanol–water partition coefficient (Wildman–Crippen LogP) is 6.94. The first kappa shape index (κ1) is 26.3. The molecule has 0 radical (unpaired) electrons. The Labute approximate surface area is 214 Å². The molecule has 0 bridgehead atoms. The maximum absolute atomic E-state index is 12.1. The van der Waals surface area contributed by atoms with E-state index in [1.54, 1.807) is 6.07 Å². The zero-order valence-electron chi connectivity index (χ0n) is 18.7. The molecule has 1 aromatic carbocycles. The third kappa shape index (κ3) is 8.47. The number of hydrogen-bond acceptors (Lipinski definition) is 4. The zero-order chi connectivity index (χ0) is 23.8. The van der Waals surface area contributed by atoms with Gasteiger partial charge < -0.3 is 10.1 Å². The number of alkyl halides is 1.